The Balaban J connectivity index is 1.11. The van der Waals surface area contributed by atoms with Gasteiger partial charge in [-0.2, -0.15) is 0 Å². The largest absolute Gasteiger partial charge is 0.453 e. The Hall–Kier alpha value is -4.24. The minimum Gasteiger partial charge on any atom is -0.453 e. The third kappa shape index (κ3) is 8.83. The number of likely N-dealkylation sites (tertiary alicyclic amines) is 2. The molecule has 2 N–H and O–H groups in total. The quantitative estimate of drug-likeness (QED) is 0.275. The summed E-state index contributed by atoms with van der Waals surface area (Å²) >= 11 is 0. The van der Waals surface area contributed by atoms with Crippen LogP contribution >= 0.6 is 0 Å². The number of sulfone groups is 1. The summed E-state index contributed by atoms with van der Waals surface area (Å²) < 4.78 is 67.6. The van der Waals surface area contributed by atoms with E-state index in [4.69, 9.17) is 9.47 Å². The lowest BCUT2D eigenvalue weighted by Crippen LogP contribution is -2.58. The number of amides is 3. The van der Waals surface area contributed by atoms with Crippen LogP contribution in [-0.4, -0.2) is 114 Å². The van der Waals surface area contributed by atoms with E-state index in [2.05, 4.69) is 22.1 Å². The van der Waals surface area contributed by atoms with Gasteiger partial charge in [-0.1, -0.05) is 31.6 Å². The molecule has 3 heterocycles. The van der Waals surface area contributed by atoms with E-state index in [-0.39, 0.29) is 53.5 Å². The zero-order chi connectivity index (χ0) is 40.0. The number of carbonyl (C=O) groups excluding carboxylic acids is 3. The molecular weight excluding hydrogens is 745 g/mol. The van der Waals surface area contributed by atoms with Crippen molar-refractivity contribution < 1.29 is 41.1 Å². The van der Waals surface area contributed by atoms with Crippen molar-refractivity contribution in [3.05, 3.63) is 72.3 Å². The van der Waals surface area contributed by atoms with Gasteiger partial charge in [0.25, 0.3) is 0 Å². The zero-order valence-corrected chi connectivity index (χ0v) is 33.2. The van der Waals surface area contributed by atoms with Crippen LogP contribution in [-0.2, 0) is 29.5 Å². The average Bonchev–Trinajstić information content (AvgIpc) is 3.49. The van der Waals surface area contributed by atoms with Gasteiger partial charge >= 0.3 is 12.2 Å². The molecule has 0 bridgehead atoms. The maximum Gasteiger partial charge on any atom is 0.407 e. The molecule has 6 rings (SSSR count). The molecule has 12 nitrogen and oxygen atoms in total. The molecule has 306 valence electrons. The number of hydrogen-bond acceptors (Lipinski definition) is 9. The van der Waals surface area contributed by atoms with Crippen molar-refractivity contribution in [3.8, 4) is 0 Å². The third-order valence-corrected chi connectivity index (χ3v) is 14.8. The smallest absolute Gasteiger partial charge is 0.407 e. The number of ether oxygens (including phenoxy) is 2. The van der Waals surface area contributed by atoms with Gasteiger partial charge in [0.2, 0.25) is 5.91 Å². The number of carbonyl (C=O) groups is 3. The number of halogens is 2. The summed E-state index contributed by atoms with van der Waals surface area (Å²) in [5.74, 6) is -1.02. The monoisotopic (exact) mass is 799 g/mol. The molecule has 2 aromatic carbocycles. The molecule has 4 aliphatic rings. The Kier molecular flexibility index (Phi) is 13.2. The van der Waals surface area contributed by atoms with Crippen molar-refractivity contribution in [1.82, 2.24) is 20.4 Å². The lowest BCUT2D eigenvalue weighted by Gasteiger charge is -2.51. The molecule has 0 radical (unpaired) electrons. The Morgan fingerprint density at radius 1 is 0.911 bits per heavy atom. The van der Waals surface area contributed by atoms with Crippen LogP contribution in [0.5, 0.6) is 0 Å². The first-order chi connectivity index (χ1) is 26.9. The molecule has 0 unspecified atom stereocenters. The standard InChI is InChI=1S/C41H55F2N5O7S/c1-4-38(49)47-18-6-5-11-33(26-47)56(52,53)32-14-15-37(35(43)22-32)48-24-28(25-48)23-46-19-16-29(17-20-46)41(27-44-39(50)54-2,30-9-7-10-31(42)21-30)34-12-8-13-36(34)45-40(51)55-3/h4,7,9-10,14-15,21-22,28-29,33-34,36H,1,5-6,8,11-13,16-20,23-27H2,2-3H3,(H,44,50)(H,45,51)/t33-,34+,36+,41+/m1/s1. The van der Waals surface area contributed by atoms with Crippen LogP contribution in [0.4, 0.5) is 24.1 Å². The summed E-state index contributed by atoms with van der Waals surface area (Å²) in [6.45, 7) is 7.89. The van der Waals surface area contributed by atoms with E-state index in [1.807, 2.05) is 11.0 Å². The number of nitrogens with zero attached hydrogens (tertiary/aromatic N) is 3. The van der Waals surface area contributed by atoms with Crippen LogP contribution in [0.1, 0.15) is 56.9 Å². The highest BCUT2D eigenvalue weighted by Crippen LogP contribution is 2.50. The van der Waals surface area contributed by atoms with Crippen LogP contribution in [0.25, 0.3) is 0 Å². The summed E-state index contributed by atoms with van der Waals surface area (Å²) in [6.07, 6.45) is 5.81. The zero-order valence-electron chi connectivity index (χ0n) is 32.4. The predicted molar refractivity (Wildman–Crippen MR) is 208 cm³/mol. The van der Waals surface area contributed by atoms with Crippen molar-refractivity contribution in [2.24, 2.45) is 17.8 Å². The minimum absolute atomic E-state index is 0.0491. The van der Waals surface area contributed by atoms with Crippen molar-refractivity contribution in [1.29, 1.82) is 0 Å². The molecule has 1 saturated carbocycles. The maximum absolute atomic E-state index is 15.6. The molecule has 4 atom stereocenters. The van der Waals surface area contributed by atoms with Crippen LogP contribution in [0.3, 0.4) is 0 Å². The maximum atomic E-state index is 15.6. The first-order valence-electron chi connectivity index (χ1n) is 19.7. The summed E-state index contributed by atoms with van der Waals surface area (Å²) in [5.41, 5.74) is 0.450. The molecule has 3 saturated heterocycles. The number of piperidine rings is 1. The van der Waals surface area contributed by atoms with E-state index in [1.165, 1.54) is 37.3 Å². The van der Waals surface area contributed by atoms with Gasteiger partial charge in [0.1, 0.15) is 11.6 Å². The molecule has 0 spiro atoms. The van der Waals surface area contributed by atoms with Gasteiger partial charge in [-0.3, -0.25) is 4.79 Å². The predicted octanol–water partition coefficient (Wildman–Crippen LogP) is 5.27. The summed E-state index contributed by atoms with van der Waals surface area (Å²) in [5, 5.41) is 5.17. The van der Waals surface area contributed by atoms with Crippen molar-refractivity contribution in [2.45, 2.75) is 73.0 Å². The van der Waals surface area contributed by atoms with Gasteiger partial charge in [0.15, 0.2) is 9.84 Å². The average molecular weight is 800 g/mol. The molecule has 0 aromatic heterocycles. The fourth-order valence-electron chi connectivity index (χ4n) is 9.84. The van der Waals surface area contributed by atoms with Crippen molar-refractivity contribution >= 4 is 33.6 Å². The van der Waals surface area contributed by atoms with E-state index in [0.717, 1.165) is 63.4 Å². The SMILES string of the molecule is C=CC(=O)N1CCCC[C@@H](S(=O)(=O)c2ccc(N3CC(CN4CCC([C@@](CNC(=O)OC)(c5cccc(F)c5)[C@H]5CCC[C@@H]5NC(=O)OC)CC4)C3)c(F)c2)C1. The van der Waals surface area contributed by atoms with Gasteiger partial charge in [-0.15, -0.1) is 0 Å². The Bertz CT molecular complexity index is 1850. The Morgan fingerprint density at radius 2 is 1.66 bits per heavy atom. The van der Waals surface area contributed by atoms with Gasteiger partial charge in [-0.05, 0) is 105 Å². The third-order valence-electron chi connectivity index (χ3n) is 12.7. The molecule has 3 aliphatic heterocycles. The number of hydrogen-bond donors (Lipinski definition) is 2. The number of alkyl carbamates (subject to hydrolysis) is 2. The lowest BCUT2D eigenvalue weighted by molar-refractivity contribution is -0.125. The number of benzene rings is 2. The molecule has 1 aliphatic carbocycles. The van der Waals surface area contributed by atoms with E-state index in [1.54, 1.807) is 18.2 Å². The van der Waals surface area contributed by atoms with E-state index in [9.17, 15) is 27.2 Å². The number of rotatable bonds is 12. The highest BCUT2D eigenvalue weighted by atomic mass is 32.2. The van der Waals surface area contributed by atoms with Crippen LogP contribution in [0, 0.1) is 29.4 Å². The second-order valence-corrected chi connectivity index (χ2v) is 18.0. The first-order valence-corrected chi connectivity index (χ1v) is 21.3. The van der Waals surface area contributed by atoms with E-state index >= 15 is 4.39 Å². The van der Waals surface area contributed by atoms with Crippen molar-refractivity contribution in [3.63, 3.8) is 0 Å². The fourth-order valence-corrected chi connectivity index (χ4v) is 11.6. The van der Waals surface area contributed by atoms with Crippen LogP contribution in [0.2, 0.25) is 0 Å². The lowest BCUT2D eigenvalue weighted by atomic mass is 9.58. The van der Waals surface area contributed by atoms with Crippen molar-refractivity contribution in [2.75, 3.05) is 71.5 Å². The van der Waals surface area contributed by atoms with Crippen LogP contribution in [0.15, 0.2) is 60.0 Å². The molecule has 4 fully saturated rings. The summed E-state index contributed by atoms with van der Waals surface area (Å²) in [7, 11) is -1.22. The second-order valence-electron chi connectivity index (χ2n) is 15.8. The molecule has 2 aromatic rings. The number of nitrogens with one attached hydrogen (secondary N) is 2. The molecular formula is C41H55F2N5O7S. The summed E-state index contributed by atoms with van der Waals surface area (Å²) in [6, 6.07) is 10.5. The Morgan fingerprint density at radius 3 is 2.34 bits per heavy atom. The highest BCUT2D eigenvalue weighted by molar-refractivity contribution is 7.92. The first kappa shape index (κ1) is 41.4. The fraction of sp³-hybridized carbons (Fsp3) is 0.585. The Labute approximate surface area is 328 Å². The summed E-state index contributed by atoms with van der Waals surface area (Å²) in [4.78, 5) is 43.0. The van der Waals surface area contributed by atoms with E-state index < -0.39 is 38.5 Å². The molecule has 15 heteroatoms. The van der Waals surface area contributed by atoms with Crippen LogP contribution < -0.4 is 15.5 Å². The number of methoxy groups -OCH3 is 2. The van der Waals surface area contributed by atoms with Gasteiger partial charge in [0, 0.05) is 56.6 Å². The van der Waals surface area contributed by atoms with Gasteiger partial charge < -0.3 is 34.8 Å². The minimum atomic E-state index is -3.87. The topological polar surface area (TPSA) is 138 Å². The highest BCUT2D eigenvalue weighted by Gasteiger charge is 2.52. The van der Waals surface area contributed by atoms with E-state index in [0.29, 0.717) is 44.6 Å². The van der Waals surface area contributed by atoms with Gasteiger partial charge in [0.05, 0.1) is 30.1 Å². The number of anilines is 1. The molecule has 56 heavy (non-hydrogen) atoms. The normalized spacial score (nSPS) is 23.7. The molecule has 3 amide bonds. The van der Waals surface area contributed by atoms with Gasteiger partial charge in [-0.25, -0.2) is 26.8 Å². The second kappa shape index (κ2) is 17.9.